The molecule has 0 heterocycles. The second-order valence-electron chi connectivity index (χ2n) is 3.40. The van der Waals surface area contributed by atoms with Crippen LogP contribution in [0.15, 0.2) is 30.0 Å². The average Bonchev–Trinajstić information content (AvgIpc) is 2.35. The van der Waals surface area contributed by atoms with E-state index in [1.165, 1.54) is 6.07 Å². The number of nitrogens with zero attached hydrogens (tertiary/aromatic N) is 1. The molecule has 0 fully saturated rings. The maximum atomic E-state index is 10.1. The van der Waals surface area contributed by atoms with Crippen LogP contribution in [0.25, 0.3) is 0 Å². The van der Waals surface area contributed by atoms with E-state index < -0.39 is 5.97 Å². The number of aliphatic carboxylic acids is 1. The second kappa shape index (κ2) is 8.84. The van der Waals surface area contributed by atoms with Crippen LogP contribution in [0, 0.1) is 18.3 Å². The summed E-state index contributed by atoms with van der Waals surface area (Å²) in [6, 6.07) is 6.90. The number of hydrogen-bond donors (Lipinski definition) is 2. The molecular formula is C13H15ClN2O3. The predicted molar refractivity (Wildman–Crippen MR) is 73.6 cm³/mol. The van der Waals surface area contributed by atoms with Crippen molar-refractivity contribution < 1.29 is 14.6 Å². The van der Waals surface area contributed by atoms with E-state index in [4.69, 9.17) is 27.7 Å². The van der Waals surface area contributed by atoms with Gasteiger partial charge in [0.15, 0.2) is 5.57 Å². The van der Waals surface area contributed by atoms with Gasteiger partial charge < -0.3 is 15.6 Å². The number of ether oxygens (including phenoxy) is 1. The lowest BCUT2D eigenvalue weighted by atomic mass is 10.2. The van der Waals surface area contributed by atoms with Crippen LogP contribution in [0.4, 0.5) is 5.69 Å². The number of rotatable bonds is 3. The number of nitrogens with two attached hydrogens (primary N) is 1. The molecule has 0 radical (unpaired) electrons. The lowest BCUT2D eigenvalue weighted by molar-refractivity contribution is -0.132. The van der Waals surface area contributed by atoms with E-state index >= 15 is 0 Å². The van der Waals surface area contributed by atoms with Crippen LogP contribution in [0.3, 0.4) is 0 Å². The third kappa shape index (κ3) is 6.96. The molecule has 6 heteroatoms. The van der Waals surface area contributed by atoms with Crippen LogP contribution in [-0.4, -0.2) is 17.7 Å². The molecule has 0 aliphatic rings. The summed E-state index contributed by atoms with van der Waals surface area (Å²) >= 11 is 5.66. The highest BCUT2D eigenvalue weighted by molar-refractivity contribution is 6.30. The summed E-state index contributed by atoms with van der Waals surface area (Å²) in [4.78, 5) is 10.1. The standard InChI is InChI=1S/C7H8ClN.C6H7NO3/c1-5-4-6(8)2-3-7(5)9;1-2-10-4-5(3-7)6(8)9/h2-4H,9H2,1H3;4H,2H2,1H3,(H,8,9). The molecule has 0 atom stereocenters. The smallest absolute Gasteiger partial charge is 0.349 e. The summed E-state index contributed by atoms with van der Waals surface area (Å²) in [6.07, 6.45) is 0.933. The van der Waals surface area contributed by atoms with E-state index in [0.29, 0.717) is 6.61 Å². The fourth-order valence-corrected chi connectivity index (χ4v) is 1.16. The number of carboxylic acid groups (broad SMARTS) is 1. The van der Waals surface area contributed by atoms with Gasteiger partial charge in [-0.2, -0.15) is 5.26 Å². The number of benzene rings is 1. The van der Waals surface area contributed by atoms with Crippen LogP contribution >= 0.6 is 11.6 Å². The van der Waals surface area contributed by atoms with Crippen molar-refractivity contribution in [1.29, 1.82) is 5.26 Å². The van der Waals surface area contributed by atoms with Crippen LogP contribution in [-0.2, 0) is 9.53 Å². The minimum Gasteiger partial charge on any atom is -0.500 e. The molecule has 0 spiro atoms. The summed E-state index contributed by atoms with van der Waals surface area (Å²) < 4.78 is 4.58. The van der Waals surface area contributed by atoms with Gasteiger partial charge in [-0.3, -0.25) is 0 Å². The Morgan fingerprint density at radius 1 is 1.63 bits per heavy atom. The Morgan fingerprint density at radius 3 is 2.63 bits per heavy atom. The van der Waals surface area contributed by atoms with E-state index in [0.717, 1.165) is 22.5 Å². The number of carboxylic acids is 1. The molecular weight excluding hydrogens is 268 g/mol. The zero-order valence-corrected chi connectivity index (χ0v) is 11.4. The number of aryl methyl sites for hydroxylation is 1. The van der Waals surface area contributed by atoms with Gasteiger partial charge in [-0.05, 0) is 37.6 Å². The van der Waals surface area contributed by atoms with Crippen molar-refractivity contribution in [2.45, 2.75) is 13.8 Å². The molecule has 0 aromatic heterocycles. The van der Waals surface area contributed by atoms with Crippen LogP contribution in [0.1, 0.15) is 12.5 Å². The number of carbonyl (C=O) groups is 1. The quantitative estimate of drug-likeness (QED) is 0.384. The summed E-state index contributed by atoms with van der Waals surface area (Å²) in [5.41, 5.74) is 6.96. The Kier molecular flexibility index (Phi) is 7.82. The van der Waals surface area contributed by atoms with Crippen molar-refractivity contribution >= 4 is 23.3 Å². The van der Waals surface area contributed by atoms with Gasteiger partial charge in [-0.15, -0.1) is 0 Å². The van der Waals surface area contributed by atoms with Gasteiger partial charge >= 0.3 is 5.97 Å². The molecule has 1 aromatic carbocycles. The molecule has 0 aliphatic carbocycles. The maximum absolute atomic E-state index is 10.1. The van der Waals surface area contributed by atoms with Gasteiger partial charge in [-0.1, -0.05) is 11.6 Å². The second-order valence-corrected chi connectivity index (χ2v) is 3.84. The molecule has 0 saturated heterocycles. The molecule has 19 heavy (non-hydrogen) atoms. The minimum atomic E-state index is -1.27. The van der Waals surface area contributed by atoms with Crippen molar-refractivity contribution in [3.8, 4) is 6.07 Å². The van der Waals surface area contributed by atoms with E-state index in [2.05, 4.69) is 4.74 Å². The average molecular weight is 283 g/mol. The zero-order valence-electron chi connectivity index (χ0n) is 10.7. The Morgan fingerprint density at radius 2 is 2.26 bits per heavy atom. The molecule has 1 rings (SSSR count). The first-order valence-electron chi connectivity index (χ1n) is 5.39. The first kappa shape index (κ1) is 16.8. The Balaban J connectivity index is 0.000000342. The van der Waals surface area contributed by atoms with Gasteiger partial charge in [0.25, 0.3) is 0 Å². The highest BCUT2D eigenvalue weighted by Gasteiger charge is 2.04. The summed E-state index contributed by atoms with van der Waals surface area (Å²) in [7, 11) is 0. The van der Waals surface area contributed by atoms with Gasteiger partial charge in [0.05, 0.1) is 6.61 Å². The van der Waals surface area contributed by atoms with Gasteiger partial charge in [0.1, 0.15) is 12.3 Å². The van der Waals surface area contributed by atoms with E-state index in [1.54, 1.807) is 19.1 Å². The molecule has 1 aromatic rings. The van der Waals surface area contributed by atoms with Crippen LogP contribution in [0.5, 0.6) is 0 Å². The Bertz CT molecular complexity index is 507. The fraction of sp³-hybridized carbons (Fsp3) is 0.231. The van der Waals surface area contributed by atoms with Crippen LogP contribution in [0.2, 0.25) is 5.02 Å². The highest BCUT2D eigenvalue weighted by atomic mass is 35.5. The molecule has 0 bridgehead atoms. The Hall–Kier alpha value is -2.19. The molecule has 0 amide bonds. The molecule has 5 nitrogen and oxygen atoms in total. The molecule has 0 aliphatic heterocycles. The third-order valence-corrected chi connectivity index (χ3v) is 2.19. The molecule has 0 saturated carbocycles. The maximum Gasteiger partial charge on any atom is 0.349 e. The summed E-state index contributed by atoms with van der Waals surface area (Å²) in [6.45, 7) is 3.99. The summed E-state index contributed by atoms with van der Waals surface area (Å²) in [5.74, 6) is -1.27. The molecule has 102 valence electrons. The van der Waals surface area contributed by atoms with Gasteiger partial charge in [0, 0.05) is 10.7 Å². The normalized spacial score (nSPS) is 9.89. The SMILES string of the molecule is CCOC=C(C#N)C(=O)O.Cc1cc(Cl)ccc1N. The number of nitrogen functional groups attached to an aromatic ring is 1. The highest BCUT2D eigenvalue weighted by Crippen LogP contribution is 2.15. The van der Waals surface area contributed by atoms with Gasteiger partial charge in [0.2, 0.25) is 0 Å². The fourth-order valence-electron chi connectivity index (χ4n) is 0.930. The van der Waals surface area contributed by atoms with Crippen molar-refractivity contribution in [2.75, 3.05) is 12.3 Å². The van der Waals surface area contributed by atoms with Crippen molar-refractivity contribution in [3.05, 3.63) is 40.6 Å². The lowest BCUT2D eigenvalue weighted by Gasteiger charge is -1.97. The number of hydrogen-bond acceptors (Lipinski definition) is 4. The number of anilines is 1. The summed E-state index contributed by atoms with van der Waals surface area (Å²) in [5, 5.41) is 17.1. The third-order valence-electron chi connectivity index (χ3n) is 1.95. The van der Waals surface area contributed by atoms with Crippen LogP contribution < -0.4 is 5.73 Å². The van der Waals surface area contributed by atoms with E-state index in [1.807, 2.05) is 13.0 Å². The van der Waals surface area contributed by atoms with Crippen molar-refractivity contribution in [1.82, 2.24) is 0 Å². The van der Waals surface area contributed by atoms with Crippen molar-refractivity contribution in [2.24, 2.45) is 0 Å². The topological polar surface area (TPSA) is 96.3 Å². The predicted octanol–water partition coefficient (Wildman–Crippen LogP) is 2.75. The minimum absolute atomic E-state index is 0.360. The number of nitriles is 1. The Labute approximate surface area is 116 Å². The monoisotopic (exact) mass is 282 g/mol. The molecule has 3 N–H and O–H groups in total. The van der Waals surface area contributed by atoms with E-state index in [9.17, 15) is 4.79 Å². The first-order valence-corrected chi connectivity index (χ1v) is 5.77. The van der Waals surface area contributed by atoms with E-state index in [-0.39, 0.29) is 5.57 Å². The van der Waals surface area contributed by atoms with Crippen molar-refractivity contribution in [3.63, 3.8) is 0 Å². The molecule has 0 unspecified atom stereocenters. The largest absolute Gasteiger partial charge is 0.500 e. The zero-order chi connectivity index (χ0) is 14.8. The lowest BCUT2D eigenvalue weighted by Crippen LogP contribution is -1.98. The first-order chi connectivity index (χ1) is 8.92. The van der Waals surface area contributed by atoms with Gasteiger partial charge in [-0.25, -0.2) is 4.79 Å². The number of halogens is 1.